The van der Waals surface area contributed by atoms with Gasteiger partial charge in [0.05, 0.1) is 5.69 Å². The Morgan fingerprint density at radius 3 is 2.33 bits per heavy atom. The Hall–Kier alpha value is -3.11. The third-order valence-electron chi connectivity index (χ3n) is 5.52. The number of nitrogens with zero attached hydrogens (tertiary/aromatic N) is 3. The van der Waals surface area contributed by atoms with Crippen LogP contribution in [0.2, 0.25) is 0 Å². The van der Waals surface area contributed by atoms with E-state index in [2.05, 4.69) is 20.5 Å². The van der Waals surface area contributed by atoms with Crippen LogP contribution < -0.4 is 25.2 Å². The van der Waals surface area contributed by atoms with E-state index >= 15 is 0 Å². The number of aryl methyl sites for hydroxylation is 1. The van der Waals surface area contributed by atoms with Crippen molar-refractivity contribution in [2.75, 3.05) is 47.8 Å². The number of halogens is 3. The molecule has 0 aliphatic carbocycles. The van der Waals surface area contributed by atoms with Crippen LogP contribution in [0.4, 0.5) is 39.3 Å². The van der Waals surface area contributed by atoms with E-state index in [-0.39, 0.29) is 23.9 Å². The zero-order valence-corrected chi connectivity index (χ0v) is 24.2. The van der Waals surface area contributed by atoms with Crippen molar-refractivity contribution in [3.63, 3.8) is 0 Å². The summed E-state index contributed by atoms with van der Waals surface area (Å²) in [5.41, 5.74) is 0.654. The molecule has 0 spiro atoms. The van der Waals surface area contributed by atoms with Crippen LogP contribution in [-0.4, -0.2) is 70.0 Å². The molecule has 0 atom stereocenters. The number of carbonyl (C=O) groups is 2. The van der Waals surface area contributed by atoms with Crippen molar-refractivity contribution in [3.05, 3.63) is 30.0 Å². The molecule has 0 bridgehead atoms. The summed E-state index contributed by atoms with van der Waals surface area (Å²) in [6, 6.07) is 6.53. The predicted molar refractivity (Wildman–Crippen MR) is 147 cm³/mol. The molecule has 1 fully saturated rings. The van der Waals surface area contributed by atoms with Crippen molar-refractivity contribution in [1.29, 1.82) is 0 Å². The number of hydrogen-bond donors (Lipinski definition) is 3. The van der Waals surface area contributed by atoms with Crippen LogP contribution in [0.25, 0.3) is 0 Å². The maximum Gasteiger partial charge on any atom is 0.407 e. The Kier molecular flexibility index (Phi) is 9.89. The number of sulfonamides is 1. The van der Waals surface area contributed by atoms with Gasteiger partial charge in [-0.15, -0.1) is 0 Å². The highest BCUT2D eigenvalue weighted by Crippen LogP contribution is 2.31. The fraction of sp³-hybridized carbons (Fsp3) is 0.542. The maximum atomic E-state index is 13.3. The molecule has 2 heterocycles. The SMILES string of the molecule is Cc1nc(N(CCNC(=O)OC(C)(C)C)C(=O)Nc2ccc(N3CCCC3)cc2)sc1S(=O)(=O)NCC(F)(F)F. The maximum absolute atomic E-state index is 13.3. The third kappa shape index (κ3) is 9.23. The Balaban J connectivity index is 1.80. The first-order chi connectivity index (χ1) is 18.5. The first-order valence-corrected chi connectivity index (χ1v) is 14.8. The minimum atomic E-state index is -4.75. The minimum absolute atomic E-state index is 0.0801. The van der Waals surface area contributed by atoms with Crippen LogP contribution in [-0.2, 0) is 14.8 Å². The summed E-state index contributed by atoms with van der Waals surface area (Å²) in [5.74, 6) is 0. The average molecular weight is 607 g/mol. The van der Waals surface area contributed by atoms with Crippen molar-refractivity contribution < 1.29 is 35.9 Å². The van der Waals surface area contributed by atoms with Crippen LogP contribution in [0.5, 0.6) is 0 Å². The second-order valence-corrected chi connectivity index (χ2v) is 13.0. The van der Waals surface area contributed by atoms with Crippen molar-refractivity contribution >= 4 is 50.0 Å². The van der Waals surface area contributed by atoms with Gasteiger partial charge in [0.2, 0.25) is 0 Å². The predicted octanol–water partition coefficient (Wildman–Crippen LogP) is 4.46. The Morgan fingerprint density at radius 2 is 1.75 bits per heavy atom. The molecule has 0 unspecified atom stereocenters. The lowest BCUT2D eigenvalue weighted by Crippen LogP contribution is -2.42. The summed E-state index contributed by atoms with van der Waals surface area (Å²) in [7, 11) is -4.56. The second kappa shape index (κ2) is 12.6. The van der Waals surface area contributed by atoms with E-state index in [4.69, 9.17) is 4.74 Å². The monoisotopic (exact) mass is 606 g/mol. The standard InChI is InChI=1S/C24H33F3N6O5S2/c1-16-19(40(36,37)29-15-24(25,26)27)39-21(30-16)33(14-11-28-22(35)38-23(2,3)4)20(34)31-17-7-9-18(10-8-17)32-12-5-6-13-32/h7-10,29H,5-6,11-15H2,1-4H3,(H,28,35)(H,31,34). The molecule has 16 heteroatoms. The van der Waals surface area contributed by atoms with E-state index in [1.54, 1.807) is 32.9 Å². The van der Waals surface area contributed by atoms with E-state index in [0.717, 1.165) is 36.5 Å². The summed E-state index contributed by atoms with van der Waals surface area (Å²) < 4.78 is 69.2. The van der Waals surface area contributed by atoms with Crippen molar-refractivity contribution in [2.24, 2.45) is 0 Å². The summed E-state index contributed by atoms with van der Waals surface area (Å²) in [6.07, 6.45) is -3.25. The number of alkyl halides is 3. The van der Waals surface area contributed by atoms with Crippen LogP contribution in [0.1, 0.15) is 39.3 Å². The van der Waals surface area contributed by atoms with Gasteiger partial charge < -0.3 is 20.3 Å². The highest BCUT2D eigenvalue weighted by atomic mass is 32.2. The number of ether oxygens (including phenoxy) is 1. The summed E-state index contributed by atoms with van der Waals surface area (Å²) in [5, 5.41) is 5.16. The van der Waals surface area contributed by atoms with Gasteiger partial charge >= 0.3 is 18.3 Å². The number of hydrogen-bond acceptors (Lipinski definition) is 8. The van der Waals surface area contributed by atoms with Gasteiger partial charge in [-0.3, -0.25) is 4.90 Å². The first-order valence-electron chi connectivity index (χ1n) is 12.5. The molecule has 3 amide bonds. The fourth-order valence-corrected chi connectivity index (χ4v) is 6.35. The smallest absolute Gasteiger partial charge is 0.407 e. The van der Waals surface area contributed by atoms with Gasteiger partial charge in [-0.2, -0.15) is 13.2 Å². The van der Waals surface area contributed by atoms with Gasteiger partial charge in [0.15, 0.2) is 9.34 Å². The van der Waals surface area contributed by atoms with Crippen LogP contribution in [0.3, 0.4) is 0 Å². The van der Waals surface area contributed by atoms with E-state index < -0.39 is 44.7 Å². The number of thiazole rings is 1. The van der Waals surface area contributed by atoms with Gasteiger partial charge in [-0.25, -0.2) is 27.7 Å². The number of alkyl carbamates (subject to hydrolysis) is 1. The van der Waals surface area contributed by atoms with Gasteiger partial charge in [0.25, 0.3) is 10.0 Å². The number of urea groups is 1. The van der Waals surface area contributed by atoms with E-state index in [1.165, 1.54) is 11.6 Å². The molecule has 1 saturated heterocycles. The van der Waals surface area contributed by atoms with Gasteiger partial charge in [-0.1, -0.05) is 11.3 Å². The largest absolute Gasteiger partial charge is 0.444 e. The zero-order chi connectivity index (χ0) is 29.7. The van der Waals surface area contributed by atoms with Gasteiger partial charge in [-0.05, 0) is 64.8 Å². The lowest BCUT2D eigenvalue weighted by molar-refractivity contribution is -0.121. The summed E-state index contributed by atoms with van der Waals surface area (Å²) >= 11 is 0.538. The molecule has 1 aromatic carbocycles. The molecule has 40 heavy (non-hydrogen) atoms. The van der Waals surface area contributed by atoms with Crippen LogP contribution in [0, 0.1) is 6.92 Å². The molecule has 0 saturated carbocycles. The third-order valence-corrected chi connectivity index (χ3v) is 8.71. The Morgan fingerprint density at radius 1 is 1.12 bits per heavy atom. The molecule has 0 radical (unpaired) electrons. The van der Waals surface area contributed by atoms with Crippen molar-refractivity contribution in [1.82, 2.24) is 15.0 Å². The minimum Gasteiger partial charge on any atom is -0.444 e. The number of carbonyl (C=O) groups excluding carboxylic acids is 2. The molecule has 222 valence electrons. The normalized spacial score (nSPS) is 14.2. The highest BCUT2D eigenvalue weighted by molar-refractivity contribution is 7.91. The second-order valence-electron chi connectivity index (χ2n) is 10.1. The lowest BCUT2D eigenvalue weighted by Gasteiger charge is -2.23. The van der Waals surface area contributed by atoms with E-state index in [0.29, 0.717) is 17.0 Å². The average Bonchev–Trinajstić information content (AvgIpc) is 3.50. The fourth-order valence-electron chi connectivity index (χ4n) is 3.77. The molecule has 3 N–H and O–H groups in total. The van der Waals surface area contributed by atoms with Crippen LogP contribution in [0.15, 0.2) is 28.5 Å². The Bertz CT molecular complexity index is 1290. The summed E-state index contributed by atoms with van der Waals surface area (Å²) in [6.45, 7) is 6.32. The Labute approximate surface area is 235 Å². The van der Waals surface area contributed by atoms with Crippen LogP contribution >= 0.6 is 11.3 Å². The molecular formula is C24H33F3N6O5S2. The summed E-state index contributed by atoms with van der Waals surface area (Å²) in [4.78, 5) is 32.8. The van der Waals surface area contributed by atoms with Crippen molar-refractivity contribution in [3.8, 4) is 0 Å². The number of amides is 3. The molecular weight excluding hydrogens is 573 g/mol. The molecule has 1 aliphatic rings. The topological polar surface area (TPSA) is 133 Å². The van der Waals surface area contributed by atoms with Gasteiger partial charge in [0, 0.05) is 37.6 Å². The molecule has 2 aromatic rings. The van der Waals surface area contributed by atoms with E-state index in [1.807, 2.05) is 12.1 Å². The number of rotatable bonds is 9. The number of nitrogens with one attached hydrogen (secondary N) is 3. The lowest BCUT2D eigenvalue weighted by atomic mass is 10.2. The highest BCUT2D eigenvalue weighted by Gasteiger charge is 2.33. The van der Waals surface area contributed by atoms with Crippen molar-refractivity contribution in [2.45, 2.75) is 56.5 Å². The van der Waals surface area contributed by atoms with Gasteiger partial charge in [0.1, 0.15) is 12.1 Å². The zero-order valence-electron chi connectivity index (χ0n) is 22.6. The number of anilines is 3. The number of benzene rings is 1. The quantitative estimate of drug-likeness (QED) is 0.384. The number of aromatic nitrogens is 1. The molecule has 3 rings (SSSR count). The van der Waals surface area contributed by atoms with E-state index in [9.17, 15) is 31.2 Å². The molecule has 11 nitrogen and oxygen atoms in total. The first kappa shape index (κ1) is 31.4. The molecule has 1 aromatic heterocycles. The molecule has 1 aliphatic heterocycles.